The fraction of sp³-hybridized carbons (Fsp3) is 0.643. The van der Waals surface area contributed by atoms with E-state index in [-0.39, 0.29) is 0 Å². The van der Waals surface area contributed by atoms with Crippen molar-refractivity contribution in [1.29, 1.82) is 0 Å². The summed E-state index contributed by atoms with van der Waals surface area (Å²) in [6, 6.07) is 3.98. The first-order valence-electron chi connectivity index (χ1n) is 6.61. The molecule has 0 spiro atoms. The highest BCUT2D eigenvalue weighted by Crippen LogP contribution is 2.18. The summed E-state index contributed by atoms with van der Waals surface area (Å²) in [7, 11) is 0. The molecule has 0 radical (unpaired) electrons. The maximum Gasteiger partial charge on any atom is 0.0957 e. The molecule has 1 aromatic rings. The summed E-state index contributed by atoms with van der Waals surface area (Å²) in [6.07, 6.45) is 4.55. The van der Waals surface area contributed by atoms with Crippen LogP contribution in [0.5, 0.6) is 0 Å². The van der Waals surface area contributed by atoms with Crippen LogP contribution in [0.25, 0.3) is 0 Å². The molecule has 0 bridgehead atoms. The van der Waals surface area contributed by atoms with E-state index in [0.717, 1.165) is 24.5 Å². The predicted octanol–water partition coefficient (Wildman–Crippen LogP) is 3.15. The zero-order valence-corrected chi connectivity index (χ0v) is 11.2. The van der Waals surface area contributed by atoms with Crippen LogP contribution in [0.4, 0.5) is 5.69 Å². The molecule has 3 nitrogen and oxygen atoms in total. The smallest absolute Gasteiger partial charge is 0.0957 e. The van der Waals surface area contributed by atoms with Crippen molar-refractivity contribution in [1.82, 2.24) is 4.98 Å². The Morgan fingerprint density at radius 2 is 2.06 bits per heavy atom. The van der Waals surface area contributed by atoms with Gasteiger partial charge in [-0.25, -0.2) is 0 Å². The van der Waals surface area contributed by atoms with Crippen molar-refractivity contribution < 1.29 is 5.11 Å². The average Bonchev–Trinajstić information content (AvgIpc) is 2.39. The third-order valence-corrected chi connectivity index (χ3v) is 3.03. The van der Waals surface area contributed by atoms with Gasteiger partial charge in [0.25, 0.3) is 0 Å². The highest BCUT2D eigenvalue weighted by atomic mass is 16.3. The van der Waals surface area contributed by atoms with Gasteiger partial charge in [-0.15, -0.1) is 0 Å². The zero-order valence-electron chi connectivity index (χ0n) is 11.2. The number of rotatable bonds is 7. The van der Waals surface area contributed by atoms with Gasteiger partial charge in [0.05, 0.1) is 23.7 Å². The molecule has 1 N–H and O–H groups in total. The first kappa shape index (κ1) is 14.0. The first-order valence-corrected chi connectivity index (χ1v) is 6.61. The van der Waals surface area contributed by atoms with Crippen molar-refractivity contribution in [2.24, 2.45) is 0 Å². The van der Waals surface area contributed by atoms with Crippen LogP contribution in [0, 0.1) is 0 Å². The van der Waals surface area contributed by atoms with Gasteiger partial charge in [-0.05, 0) is 31.9 Å². The fourth-order valence-electron chi connectivity index (χ4n) is 1.81. The normalized spacial score (nSPS) is 12.5. The van der Waals surface area contributed by atoms with Gasteiger partial charge in [0.15, 0.2) is 0 Å². The van der Waals surface area contributed by atoms with Gasteiger partial charge in [0.2, 0.25) is 0 Å². The molecule has 3 heteroatoms. The topological polar surface area (TPSA) is 36.4 Å². The summed E-state index contributed by atoms with van der Waals surface area (Å²) in [5.41, 5.74) is 1.91. The summed E-state index contributed by atoms with van der Waals surface area (Å²) in [6.45, 7) is 8.39. The van der Waals surface area contributed by atoms with Crippen LogP contribution in [-0.4, -0.2) is 23.2 Å². The molecule has 17 heavy (non-hydrogen) atoms. The molecule has 0 saturated heterocycles. The van der Waals surface area contributed by atoms with E-state index in [1.807, 2.05) is 19.2 Å². The second-order valence-corrected chi connectivity index (χ2v) is 4.30. The molecule has 1 aromatic heterocycles. The largest absolute Gasteiger partial charge is 0.387 e. The van der Waals surface area contributed by atoms with Crippen LogP contribution in [-0.2, 0) is 0 Å². The zero-order chi connectivity index (χ0) is 12.7. The quantitative estimate of drug-likeness (QED) is 0.790. The minimum Gasteiger partial charge on any atom is -0.387 e. The fourth-order valence-corrected chi connectivity index (χ4v) is 1.81. The highest BCUT2D eigenvalue weighted by Gasteiger charge is 2.08. The van der Waals surface area contributed by atoms with E-state index < -0.39 is 6.10 Å². The van der Waals surface area contributed by atoms with Crippen molar-refractivity contribution in [3.8, 4) is 0 Å². The van der Waals surface area contributed by atoms with E-state index in [4.69, 9.17) is 0 Å². The molecule has 96 valence electrons. The van der Waals surface area contributed by atoms with Crippen molar-refractivity contribution in [2.45, 2.75) is 46.1 Å². The molecule has 0 aliphatic rings. The van der Waals surface area contributed by atoms with Crippen molar-refractivity contribution in [2.75, 3.05) is 18.0 Å². The third-order valence-electron chi connectivity index (χ3n) is 3.03. The maximum atomic E-state index is 9.68. The van der Waals surface area contributed by atoms with Crippen LogP contribution in [0.1, 0.15) is 51.8 Å². The summed E-state index contributed by atoms with van der Waals surface area (Å²) in [5, 5.41) is 9.68. The molecular weight excluding hydrogens is 212 g/mol. The average molecular weight is 236 g/mol. The molecule has 0 saturated carbocycles. The lowest BCUT2D eigenvalue weighted by atomic mass is 10.2. The van der Waals surface area contributed by atoms with Gasteiger partial charge in [-0.1, -0.05) is 20.3 Å². The Bertz CT molecular complexity index is 311. The highest BCUT2D eigenvalue weighted by molar-refractivity contribution is 5.44. The SMILES string of the molecule is CCCCN(CC)c1ccc(C(O)CC)nc1. The number of nitrogens with zero attached hydrogens (tertiary/aromatic N) is 2. The lowest BCUT2D eigenvalue weighted by Crippen LogP contribution is -2.24. The number of pyridine rings is 1. The van der Waals surface area contributed by atoms with Gasteiger partial charge < -0.3 is 10.0 Å². The van der Waals surface area contributed by atoms with Crippen molar-refractivity contribution in [3.05, 3.63) is 24.0 Å². The minimum absolute atomic E-state index is 0.435. The van der Waals surface area contributed by atoms with E-state index in [1.165, 1.54) is 12.8 Å². The molecule has 0 aliphatic carbocycles. The number of aliphatic hydroxyl groups excluding tert-OH is 1. The lowest BCUT2D eigenvalue weighted by molar-refractivity contribution is 0.169. The molecule has 1 atom stereocenters. The first-order chi connectivity index (χ1) is 8.22. The van der Waals surface area contributed by atoms with Gasteiger partial charge >= 0.3 is 0 Å². The van der Waals surface area contributed by atoms with Crippen LogP contribution in [0.3, 0.4) is 0 Å². The lowest BCUT2D eigenvalue weighted by Gasteiger charge is -2.22. The Kier molecular flexibility index (Phi) is 5.98. The van der Waals surface area contributed by atoms with E-state index in [2.05, 4.69) is 29.8 Å². The van der Waals surface area contributed by atoms with Gasteiger partial charge in [0, 0.05) is 13.1 Å². The summed E-state index contributed by atoms with van der Waals surface area (Å²) >= 11 is 0. The molecule has 1 rings (SSSR count). The molecule has 0 aromatic carbocycles. The Labute approximate surface area is 104 Å². The van der Waals surface area contributed by atoms with Crippen LogP contribution in [0.15, 0.2) is 18.3 Å². The van der Waals surface area contributed by atoms with Gasteiger partial charge in [-0.3, -0.25) is 4.98 Å². The van der Waals surface area contributed by atoms with Gasteiger partial charge in [0.1, 0.15) is 0 Å². The van der Waals surface area contributed by atoms with E-state index in [1.54, 1.807) is 0 Å². The van der Waals surface area contributed by atoms with Crippen molar-refractivity contribution in [3.63, 3.8) is 0 Å². The molecule has 1 unspecified atom stereocenters. The number of aliphatic hydroxyl groups is 1. The van der Waals surface area contributed by atoms with Crippen molar-refractivity contribution >= 4 is 5.69 Å². The number of anilines is 1. The number of unbranched alkanes of at least 4 members (excludes halogenated alkanes) is 1. The molecule has 1 heterocycles. The second-order valence-electron chi connectivity index (χ2n) is 4.30. The standard InChI is InChI=1S/C14H24N2O/c1-4-7-10-16(6-3)12-8-9-13(15-11-12)14(17)5-2/h8-9,11,14,17H,4-7,10H2,1-3H3. The van der Waals surface area contributed by atoms with E-state index in [9.17, 15) is 5.11 Å². The Balaban J connectivity index is 2.70. The molecule has 0 aliphatic heterocycles. The van der Waals surface area contributed by atoms with Crippen LogP contribution in [0.2, 0.25) is 0 Å². The van der Waals surface area contributed by atoms with Crippen LogP contribution < -0.4 is 4.90 Å². The maximum absolute atomic E-state index is 9.68. The number of hydrogen-bond acceptors (Lipinski definition) is 3. The Morgan fingerprint density at radius 1 is 1.29 bits per heavy atom. The monoisotopic (exact) mass is 236 g/mol. The summed E-state index contributed by atoms with van der Waals surface area (Å²) < 4.78 is 0. The van der Waals surface area contributed by atoms with E-state index in [0.29, 0.717) is 6.42 Å². The van der Waals surface area contributed by atoms with Crippen LogP contribution >= 0.6 is 0 Å². The van der Waals surface area contributed by atoms with Gasteiger partial charge in [-0.2, -0.15) is 0 Å². The third kappa shape index (κ3) is 4.00. The number of hydrogen-bond donors (Lipinski definition) is 1. The Hall–Kier alpha value is -1.09. The Morgan fingerprint density at radius 3 is 2.53 bits per heavy atom. The summed E-state index contributed by atoms with van der Waals surface area (Å²) in [5.74, 6) is 0. The number of aromatic nitrogens is 1. The molecule has 0 amide bonds. The van der Waals surface area contributed by atoms with E-state index >= 15 is 0 Å². The summed E-state index contributed by atoms with van der Waals surface area (Å²) in [4.78, 5) is 6.65. The minimum atomic E-state index is -0.435. The molecular formula is C14H24N2O. The molecule has 0 fully saturated rings. The predicted molar refractivity (Wildman–Crippen MR) is 72.3 cm³/mol. The second kappa shape index (κ2) is 7.28.